The molecule has 2 saturated carbocycles. The molecule has 1 aliphatic heterocycles. The molecule has 0 saturated heterocycles. The number of amides is 2. The number of benzene rings is 2. The van der Waals surface area contributed by atoms with Crippen LogP contribution in [0.5, 0.6) is 0 Å². The van der Waals surface area contributed by atoms with E-state index in [9.17, 15) is 24.6 Å². The number of halogens is 3. The van der Waals surface area contributed by atoms with Crippen molar-refractivity contribution in [3.8, 4) is 0 Å². The van der Waals surface area contributed by atoms with E-state index in [1.807, 2.05) is 0 Å². The van der Waals surface area contributed by atoms with Gasteiger partial charge in [-0.3, -0.25) is 14.5 Å². The minimum absolute atomic E-state index is 0.0287. The van der Waals surface area contributed by atoms with Gasteiger partial charge < -0.3 is 10.2 Å². The SMILES string of the molecule is O=C(O)CCC(=O)N(C1CC1)[C@@]12CCC[C@@H]1Cc1ccccc1[N@+]2(C(=O)O)[C@H](c1ccccc1)C(F)(F)F. The van der Waals surface area contributed by atoms with Crippen LogP contribution in [0.4, 0.5) is 23.7 Å². The lowest BCUT2D eigenvalue weighted by atomic mass is 9.76. The molecule has 7 nitrogen and oxygen atoms in total. The van der Waals surface area contributed by atoms with Gasteiger partial charge in [-0.15, -0.1) is 0 Å². The molecular weight excluding hydrogens is 501 g/mol. The number of hydrogen-bond donors (Lipinski definition) is 2. The van der Waals surface area contributed by atoms with E-state index in [1.54, 1.807) is 24.3 Å². The van der Waals surface area contributed by atoms with Gasteiger partial charge in [-0.05, 0) is 32.1 Å². The number of carbonyl (C=O) groups is 3. The first kappa shape index (κ1) is 26.2. The van der Waals surface area contributed by atoms with Crippen molar-refractivity contribution in [1.82, 2.24) is 9.38 Å². The van der Waals surface area contributed by atoms with Gasteiger partial charge in [-0.25, -0.2) is 0 Å². The van der Waals surface area contributed by atoms with E-state index >= 15 is 13.2 Å². The van der Waals surface area contributed by atoms with Crippen LogP contribution in [-0.2, 0) is 16.0 Å². The highest BCUT2D eigenvalue weighted by Gasteiger charge is 2.78. The quantitative estimate of drug-likeness (QED) is 0.435. The Morgan fingerprint density at radius 3 is 2.24 bits per heavy atom. The molecule has 2 fully saturated rings. The highest BCUT2D eigenvalue weighted by Crippen LogP contribution is 2.63. The van der Waals surface area contributed by atoms with E-state index in [0.717, 1.165) is 0 Å². The molecule has 0 bridgehead atoms. The van der Waals surface area contributed by atoms with E-state index in [2.05, 4.69) is 0 Å². The lowest BCUT2D eigenvalue weighted by Gasteiger charge is -2.60. The normalized spacial score (nSPS) is 27.2. The van der Waals surface area contributed by atoms with E-state index in [-0.39, 0.29) is 17.7 Å². The van der Waals surface area contributed by atoms with Crippen LogP contribution in [0.1, 0.15) is 62.1 Å². The Morgan fingerprint density at radius 2 is 1.63 bits per heavy atom. The highest BCUT2D eigenvalue weighted by atomic mass is 19.4. The van der Waals surface area contributed by atoms with Gasteiger partial charge in [0.2, 0.25) is 11.9 Å². The van der Waals surface area contributed by atoms with Crippen LogP contribution in [0.15, 0.2) is 54.6 Å². The average Bonchev–Trinajstić information content (AvgIpc) is 3.60. The number of carbonyl (C=O) groups excluding carboxylic acids is 1. The summed E-state index contributed by atoms with van der Waals surface area (Å²) in [6.07, 6.45) is -5.11. The van der Waals surface area contributed by atoms with Gasteiger partial charge in [0.1, 0.15) is 5.69 Å². The Balaban J connectivity index is 1.87. The van der Waals surface area contributed by atoms with Crippen molar-refractivity contribution in [1.29, 1.82) is 0 Å². The van der Waals surface area contributed by atoms with Gasteiger partial charge in [0.25, 0.3) is 0 Å². The van der Waals surface area contributed by atoms with Gasteiger partial charge in [0, 0.05) is 42.0 Å². The molecule has 202 valence electrons. The van der Waals surface area contributed by atoms with Crippen LogP contribution in [0.2, 0.25) is 0 Å². The number of quaternary nitrogens is 1. The van der Waals surface area contributed by atoms with E-state index in [1.165, 1.54) is 35.2 Å². The Hall–Kier alpha value is -3.40. The van der Waals surface area contributed by atoms with Crippen molar-refractivity contribution < 1.29 is 37.8 Å². The molecule has 0 spiro atoms. The van der Waals surface area contributed by atoms with E-state index < -0.39 is 65.1 Å². The van der Waals surface area contributed by atoms with Crippen molar-refractivity contribution in [2.45, 2.75) is 75.3 Å². The van der Waals surface area contributed by atoms with Crippen molar-refractivity contribution in [3.63, 3.8) is 0 Å². The Kier molecular flexibility index (Phi) is 6.49. The fraction of sp³-hybridized carbons (Fsp3) is 0.464. The number of nitrogens with zero attached hydrogens (tertiary/aromatic N) is 2. The molecule has 38 heavy (non-hydrogen) atoms. The van der Waals surface area contributed by atoms with Crippen LogP contribution in [-0.4, -0.2) is 51.0 Å². The minimum Gasteiger partial charge on any atom is -0.481 e. The third kappa shape index (κ3) is 3.88. The Labute approximate surface area is 218 Å². The molecule has 10 heteroatoms. The summed E-state index contributed by atoms with van der Waals surface area (Å²) in [6, 6.07) is 10.5. The molecule has 0 aromatic heterocycles. The zero-order chi connectivity index (χ0) is 27.3. The van der Waals surface area contributed by atoms with E-state index in [0.29, 0.717) is 37.7 Å². The number of carboxylic acids is 1. The smallest absolute Gasteiger partial charge is 0.481 e. The first-order chi connectivity index (χ1) is 18.0. The third-order valence-corrected chi connectivity index (χ3v) is 8.46. The first-order valence-electron chi connectivity index (χ1n) is 12.9. The summed E-state index contributed by atoms with van der Waals surface area (Å²) >= 11 is 0. The molecule has 4 atom stereocenters. The van der Waals surface area contributed by atoms with Crippen molar-refractivity contribution in [2.75, 3.05) is 0 Å². The topological polar surface area (TPSA) is 94.9 Å². The highest BCUT2D eigenvalue weighted by molar-refractivity contribution is 5.89. The third-order valence-electron chi connectivity index (χ3n) is 8.46. The number of rotatable bonds is 7. The number of hydrogen-bond acceptors (Lipinski definition) is 3. The van der Waals surface area contributed by atoms with Gasteiger partial charge in [0.15, 0.2) is 5.66 Å². The van der Waals surface area contributed by atoms with Gasteiger partial charge >= 0.3 is 18.2 Å². The minimum atomic E-state index is -4.98. The van der Waals surface area contributed by atoms with E-state index in [4.69, 9.17) is 0 Å². The van der Waals surface area contributed by atoms with Crippen LogP contribution < -0.4 is 4.48 Å². The molecule has 2 amide bonds. The van der Waals surface area contributed by atoms with Crippen LogP contribution >= 0.6 is 0 Å². The Bertz CT molecular complexity index is 1250. The summed E-state index contributed by atoms with van der Waals surface area (Å²) in [5.74, 6) is -2.34. The average molecular weight is 532 g/mol. The van der Waals surface area contributed by atoms with Crippen LogP contribution in [0.25, 0.3) is 0 Å². The maximum Gasteiger partial charge on any atom is 0.521 e. The fourth-order valence-corrected chi connectivity index (χ4v) is 7.17. The van der Waals surface area contributed by atoms with Crippen LogP contribution in [0.3, 0.4) is 0 Å². The van der Waals surface area contributed by atoms with Gasteiger partial charge in [-0.2, -0.15) is 22.4 Å². The van der Waals surface area contributed by atoms with Gasteiger partial charge in [-0.1, -0.05) is 48.5 Å². The molecular formula is C28H30F3N2O5+. The molecule has 0 radical (unpaired) electrons. The maximum absolute atomic E-state index is 15.4. The molecule has 0 unspecified atom stereocenters. The lowest BCUT2D eigenvalue weighted by Crippen LogP contribution is -2.81. The molecule has 2 N–H and O–H groups in total. The summed E-state index contributed by atoms with van der Waals surface area (Å²) in [6.45, 7) is 0. The summed E-state index contributed by atoms with van der Waals surface area (Å²) in [5, 5.41) is 20.4. The van der Waals surface area contributed by atoms with Crippen molar-refractivity contribution in [2.24, 2.45) is 5.92 Å². The molecule has 5 rings (SSSR count). The molecule has 2 aromatic carbocycles. The number of fused-ring (bicyclic) bond motifs is 2. The first-order valence-corrected chi connectivity index (χ1v) is 12.9. The second-order valence-electron chi connectivity index (χ2n) is 10.5. The largest absolute Gasteiger partial charge is 0.521 e. The summed E-state index contributed by atoms with van der Waals surface area (Å²) in [4.78, 5) is 40.2. The number of alkyl halides is 3. The number of carboxylic acid groups (broad SMARTS) is 2. The molecule has 3 aliphatic rings. The van der Waals surface area contributed by atoms with Crippen LogP contribution in [0, 0.1) is 5.92 Å². The summed E-state index contributed by atoms with van der Waals surface area (Å²) in [7, 11) is 0. The standard InChI is InChI=1S/C28H29F3N2O5/c29-28(30,31)25(18-7-2-1-3-8-18)33(26(37)38)22-11-5-4-9-19(22)17-20-10-6-16-27(20,33)32(21-12-13-21)23(34)14-15-24(35)36/h1-5,7-9,11,20-21,25H,6,10,12-17H2,(H-,35,36,37,38)/p+1/t20-,25-,27-,33-/m1/s1. The fourth-order valence-electron chi connectivity index (χ4n) is 7.17. The molecule has 2 aliphatic carbocycles. The predicted octanol–water partition coefficient (Wildman–Crippen LogP) is 5.88. The maximum atomic E-state index is 15.4. The van der Waals surface area contributed by atoms with Crippen molar-refractivity contribution >= 4 is 23.7 Å². The molecule has 2 aromatic rings. The number of para-hydroxylation sites is 1. The second kappa shape index (κ2) is 9.41. The summed E-state index contributed by atoms with van der Waals surface area (Å²) < 4.78 is 44.7. The van der Waals surface area contributed by atoms with Gasteiger partial charge in [0.05, 0.1) is 6.42 Å². The number of aliphatic carboxylic acids is 1. The second-order valence-corrected chi connectivity index (χ2v) is 10.5. The lowest BCUT2D eigenvalue weighted by molar-refractivity contribution is -0.216. The predicted molar refractivity (Wildman–Crippen MR) is 132 cm³/mol. The zero-order valence-corrected chi connectivity index (χ0v) is 20.7. The monoisotopic (exact) mass is 531 g/mol. The van der Waals surface area contributed by atoms with Crippen molar-refractivity contribution in [3.05, 3.63) is 65.7 Å². The Morgan fingerprint density at radius 1 is 0.974 bits per heavy atom. The molecule has 1 heterocycles. The zero-order valence-electron chi connectivity index (χ0n) is 20.7. The summed E-state index contributed by atoms with van der Waals surface area (Å²) in [5.41, 5.74) is -1.37.